The lowest BCUT2D eigenvalue weighted by atomic mass is 9.44. The van der Waals surface area contributed by atoms with Gasteiger partial charge in [0.2, 0.25) is 0 Å². The van der Waals surface area contributed by atoms with Crippen LogP contribution in [0.4, 0.5) is 0 Å². The van der Waals surface area contributed by atoms with E-state index >= 15 is 0 Å². The first-order valence-corrected chi connectivity index (χ1v) is 14.9. The molecule has 0 aromatic rings. The molecule has 4 aliphatic rings. The summed E-state index contributed by atoms with van der Waals surface area (Å²) in [6, 6.07) is 0. The Bertz CT molecular complexity index is 764. The van der Waals surface area contributed by atoms with Gasteiger partial charge in [0.15, 0.2) is 0 Å². The Hall–Kier alpha value is -0.130. The third kappa shape index (κ3) is 4.35. The zero-order valence-corrected chi connectivity index (χ0v) is 24.1. The number of carbonyl (C=O) groups excluding carboxylic acids is 2. The summed E-state index contributed by atoms with van der Waals surface area (Å²) in [7, 11) is 0. The van der Waals surface area contributed by atoms with Gasteiger partial charge in [0, 0.05) is 19.8 Å². The molecule has 33 heavy (non-hydrogen) atoms. The highest BCUT2D eigenvalue weighted by Crippen LogP contribution is 2.70. The fourth-order valence-electron chi connectivity index (χ4n) is 9.32. The topological polar surface area (TPSA) is 43.4 Å². The van der Waals surface area contributed by atoms with Crippen molar-refractivity contribution in [1.29, 1.82) is 0 Å². The summed E-state index contributed by atoms with van der Waals surface area (Å²) in [6.07, 6.45) is 12.7. The summed E-state index contributed by atoms with van der Waals surface area (Å²) < 4.78 is 5.24. The third-order valence-corrected chi connectivity index (χ3v) is 13.3. The van der Waals surface area contributed by atoms with E-state index in [1.165, 1.54) is 51.9 Å². The maximum Gasteiger partial charge on any atom is 0.302 e. The van der Waals surface area contributed by atoms with E-state index in [9.17, 15) is 9.59 Å². The predicted molar refractivity (Wildman–Crippen MR) is 142 cm³/mol. The van der Waals surface area contributed by atoms with Gasteiger partial charge in [-0.1, -0.05) is 76.5 Å². The van der Waals surface area contributed by atoms with Gasteiger partial charge in [0.1, 0.15) is 11.9 Å². The van der Waals surface area contributed by atoms with Crippen LogP contribution >= 0.6 is 22.6 Å². The Morgan fingerprint density at radius 1 is 1.06 bits per heavy atom. The molecule has 0 bridgehead atoms. The maximum absolute atomic E-state index is 13.8. The quantitative estimate of drug-likeness (QED) is 0.186. The van der Waals surface area contributed by atoms with Gasteiger partial charge in [-0.05, 0) is 84.9 Å². The Labute approximate surface area is 216 Å². The van der Waals surface area contributed by atoms with Crippen molar-refractivity contribution in [2.24, 2.45) is 46.3 Å². The Morgan fingerprint density at radius 2 is 1.79 bits per heavy atom. The molecule has 188 valence electrons. The van der Waals surface area contributed by atoms with E-state index in [2.05, 4.69) is 57.2 Å². The monoisotopic (exact) mass is 570 g/mol. The predicted octanol–water partition coefficient (Wildman–Crippen LogP) is 7.78. The summed E-state index contributed by atoms with van der Waals surface area (Å²) in [4.78, 5) is 25.4. The van der Waals surface area contributed by atoms with Gasteiger partial charge < -0.3 is 4.74 Å². The zero-order chi connectivity index (χ0) is 24.2. The summed E-state index contributed by atoms with van der Waals surface area (Å²) in [5.74, 6) is 4.57. The highest BCUT2D eigenvalue weighted by molar-refractivity contribution is 14.1. The Morgan fingerprint density at radius 3 is 2.45 bits per heavy atom. The lowest BCUT2D eigenvalue weighted by Gasteiger charge is -2.63. The first-order chi connectivity index (χ1) is 15.4. The lowest BCUT2D eigenvalue weighted by molar-refractivity contribution is -0.162. The SMILES string of the molecule is CC(=O)O[C@H]1CC[C@]2(C)[C@H]3CC[C@]4(C)[C@@H]([C@H](C)CCCC(C)C)CC[C@H]4[C@@H]3CC(=O)[C@@]2(I)C1. The molecule has 4 heteroatoms. The molecular formula is C29H47IO3. The number of hydrogen-bond donors (Lipinski definition) is 0. The molecule has 0 amide bonds. The first kappa shape index (κ1) is 25.9. The van der Waals surface area contributed by atoms with Crippen LogP contribution in [0.3, 0.4) is 0 Å². The van der Waals surface area contributed by atoms with Crippen LogP contribution in [0.15, 0.2) is 0 Å². The van der Waals surface area contributed by atoms with Crippen LogP contribution < -0.4 is 0 Å². The average molecular weight is 571 g/mol. The maximum atomic E-state index is 13.8. The van der Waals surface area contributed by atoms with Crippen molar-refractivity contribution < 1.29 is 14.3 Å². The van der Waals surface area contributed by atoms with Gasteiger partial charge in [-0.15, -0.1) is 0 Å². The van der Waals surface area contributed by atoms with Crippen LogP contribution in [-0.4, -0.2) is 21.3 Å². The van der Waals surface area contributed by atoms with Crippen LogP contribution in [0.1, 0.15) is 112 Å². The number of halogens is 1. The third-order valence-electron chi connectivity index (χ3n) is 11.1. The highest BCUT2D eigenvalue weighted by atomic mass is 127. The number of esters is 1. The molecule has 0 unspecified atom stereocenters. The molecule has 3 nitrogen and oxygen atoms in total. The first-order valence-electron chi connectivity index (χ1n) is 13.8. The number of rotatable bonds is 6. The number of Topliss-reactive ketones (excluding diaryl/α,β-unsaturated/α-hetero) is 1. The average Bonchev–Trinajstić information content (AvgIpc) is 3.07. The van der Waals surface area contributed by atoms with Crippen molar-refractivity contribution in [1.82, 2.24) is 0 Å². The minimum Gasteiger partial charge on any atom is -0.462 e. The van der Waals surface area contributed by atoms with Crippen LogP contribution in [0, 0.1) is 46.3 Å². The molecule has 4 saturated carbocycles. The fourth-order valence-corrected chi connectivity index (χ4v) is 10.7. The molecule has 0 aromatic carbocycles. The van der Waals surface area contributed by atoms with Crippen molar-refractivity contribution in [2.75, 3.05) is 0 Å². The number of carbonyl (C=O) groups is 2. The van der Waals surface area contributed by atoms with E-state index in [4.69, 9.17) is 4.74 Å². The van der Waals surface area contributed by atoms with Crippen LogP contribution in [0.2, 0.25) is 0 Å². The number of hydrogen-bond acceptors (Lipinski definition) is 3. The van der Waals surface area contributed by atoms with E-state index in [-0.39, 0.29) is 20.9 Å². The molecule has 4 fully saturated rings. The molecule has 9 atom stereocenters. The van der Waals surface area contributed by atoms with E-state index in [1.807, 2.05) is 0 Å². The van der Waals surface area contributed by atoms with Crippen molar-refractivity contribution >= 4 is 34.3 Å². The van der Waals surface area contributed by atoms with Gasteiger partial charge in [-0.2, -0.15) is 0 Å². The standard InChI is InChI=1S/C29H47IO3/c1-18(2)8-7-9-19(3)23-10-11-24-22-16-26(32)29(30)17-21(33-20(4)31)12-15-28(29,6)25(22)13-14-27(23,24)5/h18-19,21-25H,7-17H2,1-6H3/t19-,21+,22+,23-,24+,25+,27-,28-,29+/m1/s1. The number of fused-ring (bicyclic) bond motifs is 5. The summed E-state index contributed by atoms with van der Waals surface area (Å²) in [5.41, 5.74) is 0.446. The summed E-state index contributed by atoms with van der Waals surface area (Å²) in [6.45, 7) is 13.7. The van der Waals surface area contributed by atoms with Crippen molar-refractivity contribution in [3.8, 4) is 0 Å². The summed E-state index contributed by atoms with van der Waals surface area (Å²) in [5, 5.41) is 0. The largest absolute Gasteiger partial charge is 0.462 e. The minimum atomic E-state index is -0.375. The molecular weight excluding hydrogens is 523 g/mol. The van der Waals surface area contributed by atoms with Crippen LogP contribution in [0.5, 0.6) is 0 Å². The molecule has 0 radical (unpaired) electrons. The number of alkyl halides is 1. The molecule has 0 N–H and O–H groups in total. The van der Waals surface area contributed by atoms with Gasteiger partial charge in [0.25, 0.3) is 0 Å². The van der Waals surface area contributed by atoms with Crippen molar-refractivity contribution in [2.45, 2.75) is 122 Å². The second-order valence-corrected chi connectivity index (χ2v) is 15.1. The summed E-state index contributed by atoms with van der Waals surface area (Å²) >= 11 is 2.50. The molecule has 4 aliphatic carbocycles. The normalized spacial score (nSPS) is 45.8. The molecule has 0 heterocycles. The van der Waals surface area contributed by atoms with Crippen molar-refractivity contribution in [3.05, 3.63) is 0 Å². The Balaban J connectivity index is 1.52. The van der Waals surface area contributed by atoms with Crippen LogP contribution in [0.25, 0.3) is 0 Å². The highest BCUT2D eigenvalue weighted by Gasteiger charge is 2.67. The lowest BCUT2D eigenvalue weighted by Crippen LogP contribution is -2.64. The smallest absolute Gasteiger partial charge is 0.302 e. The molecule has 0 spiro atoms. The minimum absolute atomic E-state index is 0.0342. The van der Waals surface area contributed by atoms with E-state index < -0.39 is 0 Å². The molecule has 4 rings (SSSR count). The van der Waals surface area contributed by atoms with Gasteiger partial charge in [-0.25, -0.2) is 0 Å². The van der Waals surface area contributed by atoms with Crippen LogP contribution in [-0.2, 0) is 14.3 Å². The second-order valence-electron chi connectivity index (χ2n) is 13.2. The number of ether oxygens (including phenoxy) is 1. The van der Waals surface area contributed by atoms with Gasteiger partial charge in [-0.3, -0.25) is 9.59 Å². The van der Waals surface area contributed by atoms with E-state index in [0.29, 0.717) is 35.4 Å². The molecule has 0 aliphatic heterocycles. The van der Waals surface area contributed by atoms with E-state index in [1.54, 1.807) is 0 Å². The number of ketones is 1. The van der Waals surface area contributed by atoms with Gasteiger partial charge in [0.05, 0.1) is 3.42 Å². The van der Waals surface area contributed by atoms with E-state index in [0.717, 1.165) is 37.0 Å². The van der Waals surface area contributed by atoms with Gasteiger partial charge >= 0.3 is 5.97 Å². The molecule has 0 saturated heterocycles. The second kappa shape index (κ2) is 9.39. The fraction of sp³-hybridized carbons (Fsp3) is 0.931. The molecule has 0 aromatic heterocycles. The zero-order valence-electron chi connectivity index (χ0n) is 21.9. The Kier molecular flexibility index (Phi) is 7.38. The van der Waals surface area contributed by atoms with Crippen molar-refractivity contribution in [3.63, 3.8) is 0 Å².